The largest absolute Gasteiger partial charge is 0.495 e. The van der Waals surface area contributed by atoms with Crippen molar-refractivity contribution in [2.45, 2.75) is 0 Å². The van der Waals surface area contributed by atoms with Gasteiger partial charge in [0, 0.05) is 42.9 Å². The third-order valence-corrected chi connectivity index (χ3v) is 4.64. The maximum atomic E-state index is 12.9. The first-order valence-electron chi connectivity index (χ1n) is 9.05. The second kappa shape index (κ2) is 8.57. The van der Waals surface area contributed by atoms with Crippen LogP contribution in [0.1, 0.15) is 15.9 Å². The molecule has 5 nitrogen and oxygen atoms in total. The Hall–Kier alpha value is -3.65. The normalized spacial score (nSPS) is 10.1. The summed E-state index contributed by atoms with van der Waals surface area (Å²) in [5, 5.41) is 1.88. The standard InChI is InChI=1S/C24H23NO4/c1-25(2)20-12-11-19(17-8-6-7-9-18(17)20)21(26)13-10-16-14-23(28-4)24(29-5)15-22(16)27-3/h6-9,11-12,14-15H,1-5H3. The van der Waals surface area contributed by atoms with Crippen molar-refractivity contribution >= 4 is 22.2 Å². The van der Waals surface area contributed by atoms with Crippen LogP contribution >= 0.6 is 0 Å². The van der Waals surface area contributed by atoms with E-state index < -0.39 is 0 Å². The zero-order valence-corrected chi connectivity index (χ0v) is 17.2. The van der Waals surface area contributed by atoms with Gasteiger partial charge in [-0.1, -0.05) is 30.2 Å². The number of carbonyl (C=O) groups is 1. The predicted octanol–water partition coefficient (Wildman–Crippen LogP) is 4.17. The van der Waals surface area contributed by atoms with Gasteiger partial charge in [0.2, 0.25) is 5.78 Å². The van der Waals surface area contributed by atoms with Gasteiger partial charge in [-0.3, -0.25) is 4.79 Å². The molecule has 3 aromatic carbocycles. The smallest absolute Gasteiger partial charge is 0.236 e. The molecule has 0 aromatic heterocycles. The molecule has 0 aliphatic rings. The number of hydrogen-bond acceptors (Lipinski definition) is 5. The number of benzene rings is 3. The second-order valence-corrected chi connectivity index (χ2v) is 6.56. The Kier molecular flexibility index (Phi) is 5.94. The number of ketones is 1. The van der Waals surface area contributed by atoms with Crippen LogP contribution in [0.15, 0.2) is 48.5 Å². The highest BCUT2D eigenvalue weighted by atomic mass is 16.5. The zero-order chi connectivity index (χ0) is 21.0. The third-order valence-electron chi connectivity index (χ3n) is 4.64. The molecule has 0 amide bonds. The van der Waals surface area contributed by atoms with Crippen LogP contribution in [0.3, 0.4) is 0 Å². The van der Waals surface area contributed by atoms with Crippen LogP contribution in [0.5, 0.6) is 17.2 Å². The molecule has 0 unspecified atom stereocenters. The molecule has 0 spiro atoms. The Morgan fingerprint density at radius 1 is 0.828 bits per heavy atom. The topological polar surface area (TPSA) is 48.0 Å². The number of ether oxygens (including phenoxy) is 3. The van der Waals surface area contributed by atoms with E-state index in [2.05, 4.69) is 11.8 Å². The van der Waals surface area contributed by atoms with Gasteiger partial charge in [-0.15, -0.1) is 0 Å². The van der Waals surface area contributed by atoms with Gasteiger partial charge in [-0.25, -0.2) is 0 Å². The summed E-state index contributed by atoms with van der Waals surface area (Å²) in [6, 6.07) is 15.0. The minimum atomic E-state index is -0.261. The van der Waals surface area contributed by atoms with E-state index in [0.29, 0.717) is 28.4 Å². The van der Waals surface area contributed by atoms with Gasteiger partial charge in [0.15, 0.2) is 11.5 Å². The summed E-state index contributed by atoms with van der Waals surface area (Å²) in [6.45, 7) is 0. The number of rotatable bonds is 5. The number of methoxy groups -OCH3 is 3. The van der Waals surface area contributed by atoms with Gasteiger partial charge in [-0.05, 0) is 23.4 Å². The van der Waals surface area contributed by atoms with E-state index in [9.17, 15) is 4.79 Å². The fraction of sp³-hybridized carbons (Fsp3) is 0.208. The van der Waals surface area contributed by atoms with E-state index in [0.717, 1.165) is 16.5 Å². The lowest BCUT2D eigenvalue weighted by molar-refractivity contribution is 0.105. The number of nitrogens with zero attached hydrogens (tertiary/aromatic N) is 1. The van der Waals surface area contributed by atoms with Gasteiger partial charge in [0.05, 0.1) is 26.9 Å². The predicted molar refractivity (Wildman–Crippen MR) is 116 cm³/mol. The number of hydrogen-bond donors (Lipinski definition) is 0. The summed E-state index contributed by atoms with van der Waals surface area (Å²) >= 11 is 0. The molecular formula is C24H23NO4. The molecule has 148 valence electrons. The Morgan fingerprint density at radius 2 is 1.45 bits per heavy atom. The summed E-state index contributed by atoms with van der Waals surface area (Å²) in [4.78, 5) is 14.9. The summed E-state index contributed by atoms with van der Waals surface area (Å²) < 4.78 is 16.0. The third kappa shape index (κ3) is 3.97. The van der Waals surface area contributed by atoms with Crippen molar-refractivity contribution in [3.05, 3.63) is 59.7 Å². The van der Waals surface area contributed by atoms with Crippen molar-refractivity contribution < 1.29 is 19.0 Å². The molecule has 0 aliphatic carbocycles. The molecule has 0 heterocycles. The minimum absolute atomic E-state index is 0.261. The van der Waals surface area contributed by atoms with Gasteiger partial charge in [0.1, 0.15) is 5.75 Å². The van der Waals surface area contributed by atoms with Crippen molar-refractivity contribution in [2.75, 3.05) is 40.3 Å². The quantitative estimate of drug-likeness (QED) is 0.484. The van der Waals surface area contributed by atoms with Crippen molar-refractivity contribution in [1.29, 1.82) is 0 Å². The van der Waals surface area contributed by atoms with Crippen molar-refractivity contribution in [1.82, 2.24) is 0 Å². The first-order valence-corrected chi connectivity index (χ1v) is 9.05. The van der Waals surface area contributed by atoms with E-state index in [1.165, 1.54) is 0 Å². The fourth-order valence-electron chi connectivity index (χ4n) is 3.19. The Labute approximate surface area is 170 Å². The SMILES string of the molecule is COc1cc(OC)c(OC)cc1C#CC(=O)c1ccc(N(C)C)c2ccccc12. The summed E-state index contributed by atoms with van der Waals surface area (Å²) in [5.74, 6) is 6.96. The molecule has 0 bridgehead atoms. The second-order valence-electron chi connectivity index (χ2n) is 6.56. The van der Waals surface area contributed by atoms with E-state index in [-0.39, 0.29) is 5.78 Å². The van der Waals surface area contributed by atoms with E-state index in [1.54, 1.807) is 33.5 Å². The molecule has 0 fully saturated rings. The highest BCUT2D eigenvalue weighted by Gasteiger charge is 2.13. The Morgan fingerprint density at radius 3 is 2.07 bits per heavy atom. The zero-order valence-electron chi connectivity index (χ0n) is 17.2. The first-order chi connectivity index (χ1) is 14.0. The van der Waals surface area contributed by atoms with Gasteiger partial charge >= 0.3 is 0 Å². The molecule has 29 heavy (non-hydrogen) atoms. The summed E-state index contributed by atoms with van der Waals surface area (Å²) in [6.07, 6.45) is 0. The van der Waals surface area contributed by atoms with Crippen LogP contribution in [-0.4, -0.2) is 41.2 Å². The number of fused-ring (bicyclic) bond motifs is 1. The van der Waals surface area contributed by atoms with Crippen LogP contribution in [-0.2, 0) is 0 Å². The van der Waals surface area contributed by atoms with Crippen molar-refractivity contribution in [3.63, 3.8) is 0 Å². The lowest BCUT2D eigenvalue weighted by Gasteiger charge is -2.16. The first kappa shape index (κ1) is 20.1. The van der Waals surface area contributed by atoms with E-state index in [4.69, 9.17) is 14.2 Å². The van der Waals surface area contributed by atoms with Crippen LogP contribution in [0.2, 0.25) is 0 Å². The average Bonchev–Trinajstić information content (AvgIpc) is 2.75. The molecule has 5 heteroatoms. The van der Waals surface area contributed by atoms with Crippen LogP contribution in [0.4, 0.5) is 5.69 Å². The number of carbonyl (C=O) groups excluding carboxylic acids is 1. The molecule has 0 saturated carbocycles. The molecule has 0 aliphatic heterocycles. The van der Waals surface area contributed by atoms with Crippen molar-refractivity contribution in [3.8, 4) is 29.1 Å². The lowest BCUT2D eigenvalue weighted by Crippen LogP contribution is -2.10. The number of anilines is 1. The van der Waals surface area contributed by atoms with Crippen LogP contribution < -0.4 is 19.1 Å². The van der Waals surface area contributed by atoms with Gasteiger partial charge in [0.25, 0.3) is 0 Å². The maximum absolute atomic E-state index is 12.9. The minimum Gasteiger partial charge on any atom is -0.495 e. The molecule has 3 aromatic rings. The summed E-state index contributed by atoms with van der Waals surface area (Å²) in [5.41, 5.74) is 2.16. The maximum Gasteiger partial charge on any atom is 0.236 e. The van der Waals surface area contributed by atoms with Gasteiger partial charge in [-0.2, -0.15) is 0 Å². The molecule has 0 atom stereocenters. The lowest BCUT2D eigenvalue weighted by atomic mass is 9.99. The Balaban J connectivity index is 2.06. The summed E-state index contributed by atoms with van der Waals surface area (Å²) in [7, 11) is 8.60. The molecule has 0 saturated heterocycles. The number of Topliss-reactive ketones (excluding diaryl/α,β-unsaturated/α-hetero) is 1. The molecule has 0 N–H and O–H groups in total. The van der Waals surface area contributed by atoms with E-state index >= 15 is 0 Å². The van der Waals surface area contributed by atoms with E-state index in [1.807, 2.05) is 55.4 Å². The molecular weight excluding hydrogens is 366 g/mol. The Bertz CT molecular complexity index is 1120. The average molecular weight is 389 g/mol. The monoisotopic (exact) mass is 389 g/mol. The van der Waals surface area contributed by atoms with Crippen LogP contribution in [0, 0.1) is 11.8 Å². The van der Waals surface area contributed by atoms with Gasteiger partial charge < -0.3 is 19.1 Å². The van der Waals surface area contributed by atoms with Crippen molar-refractivity contribution in [2.24, 2.45) is 0 Å². The van der Waals surface area contributed by atoms with Crippen LogP contribution in [0.25, 0.3) is 10.8 Å². The molecule has 0 radical (unpaired) electrons. The highest BCUT2D eigenvalue weighted by Crippen LogP contribution is 2.34. The fourth-order valence-corrected chi connectivity index (χ4v) is 3.19. The highest BCUT2D eigenvalue weighted by molar-refractivity contribution is 6.18. The molecule has 3 rings (SSSR count).